The summed E-state index contributed by atoms with van der Waals surface area (Å²) in [5.41, 5.74) is 0. The first-order valence-corrected chi connectivity index (χ1v) is 4.61. The quantitative estimate of drug-likeness (QED) is 0.606. The van der Waals surface area contributed by atoms with Crippen molar-refractivity contribution in [3.63, 3.8) is 0 Å². The number of hydrogen-bond acceptors (Lipinski definition) is 1. The molecule has 1 saturated carbocycles. The molecular weight excluding hydrogens is 136 g/mol. The fourth-order valence-electron chi connectivity index (χ4n) is 1.82. The third kappa shape index (κ3) is 1.96. The molecule has 65 valence electrons. The van der Waals surface area contributed by atoms with E-state index in [1.54, 1.807) is 0 Å². The van der Waals surface area contributed by atoms with Crippen molar-refractivity contribution in [2.45, 2.75) is 38.7 Å². The Kier molecular flexibility index (Phi) is 3.38. The molecule has 1 aliphatic carbocycles. The van der Waals surface area contributed by atoms with Gasteiger partial charge in [0.25, 0.3) is 0 Å². The van der Waals surface area contributed by atoms with Crippen molar-refractivity contribution >= 4 is 0 Å². The van der Waals surface area contributed by atoms with E-state index in [-0.39, 0.29) is 0 Å². The van der Waals surface area contributed by atoms with Crippen LogP contribution in [0.25, 0.3) is 0 Å². The van der Waals surface area contributed by atoms with Gasteiger partial charge in [0, 0.05) is 7.11 Å². The number of rotatable bonds is 4. The van der Waals surface area contributed by atoms with Crippen LogP contribution in [-0.4, -0.2) is 13.2 Å². The summed E-state index contributed by atoms with van der Waals surface area (Å²) in [4.78, 5) is 0. The zero-order valence-corrected chi connectivity index (χ0v) is 7.68. The number of hydrogen-bond donors (Lipinski definition) is 0. The predicted octanol–water partition coefficient (Wildman–Crippen LogP) is 2.66. The van der Waals surface area contributed by atoms with Gasteiger partial charge in [-0.15, -0.1) is 0 Å². The molecule has 2 unspecified atom stereocenters. The van der Waals surface area contributed by atoms with E-state index >= 15 is 0 Å². The van der Waals surface area contributed by atoms with E-state index in [2.05, 4.69) is 13.8 Å². The van der Waals surface area contributed by atoms with Crippen LogP contribution in [0, 0.1) is 18.8 Å². The maximum atomic E-state index is 5.47. The molecule has 0 aromatic rings. The first-order chi connectivity index (χ1) is 5.29. The lowest BCUT2D eigenvalue weighted by atomic mass is 9.76. The SMILES string of the molecule is [CH2]CC(C)C(OC)C1CCC1. The molecule has 0 aromatic heterocycles. The lowest BCUT2D eigenvalue weighted by molar-refractivity contribution is -0.0160. The zero-order valence-electron chi connectivity index (χ0n) is 7.68. The van der Waals surface area contributed by atoms with Crippen LogP contribution in [0.3, 0.4) is 0 Å². The smallest absolute Gasteiger partial charge is 0.0624 e. The third-order valence-electron chi connectivity index (χ3n) is 2.90. The highest BCUT2D eigenvalue weighted by Gasteiger charge is 2.30. The average molecular weight is 155 g/mol. The van der Waals surface area contributed by atoms with Gasteiger partial charge >= 0.3 is 0 Å². The molecule has 1 aliphatic rings. The fourth-order valence-corrected chi connectivity index (χ4v) is 1.82. The van der Waals surface area contributed by atoms with Crippen molar-refractivity contribution in [1.29, 1.82) is 0 Å². The van der Waals surface area contributed by atoms with Crippen LogP contribution in [0.5, 0.6) is 0 Å². The van der Waals surface area contributed by atoms with E-state index in [9.17, 15) is 0 Å². The van der Waals surface area contributed by atoms with Gasteiger partial charge in [-0.3, -0.25) is 0 Å². The minimum absolute atomic E-state index is 0.473. The van der Waals surface area contributed by atoms with Gasteiger partial charge in [0.2, 0.25) is 0 Å². The van der Waals surface area contributed by atoms with E-state index in [1.165, 1.54) is 19.3 Å². The molecule has 0 aromatic carbocycles. The minimum atomic E-state index is 0.473. The van der Waals surface area contributed by atoms with Crippen LogP contribution in [0.1, 0.15) is 32.6 Å². The molecule has 1 nitrogen and oxygen atoms in total. The summed E-state index contributed by atoms with van der Waals surface area (Å²) in [7, 11) is 1.83. The van der Waals surface area contributed by atoms with E-state index in [0.29, 0.717) is 12.0 Å². The zero-order chi connectivity index (χ0) is 8.27. The highest BCUT2D eigenvalue weighted by atomic mass is 16.5. The molecule has 0 spiro atoms. The Morgan fingerprint density at radius 2 is 2.18 bits per heavy atom. The van der Waals surface area contributed by atoms with Gasteiger partial charge in [-0.1, -0.05) is 20.3 Å². The van der Waals surface area contributed by atoms with Crippen molar-refractivity contribution < 1.29 is 4.74 Å². The average Bonchev–Trinajstić information content (AvgIpc) is 1.94. The van der Waals surface area contributed by atoms with Crippen LogP contribution in [0.15, 0.2) is 0 Å². The lowest BCUT2D eigenvalue weighted by Gasteiger charge is -2.36. The molecular formula is C10H19O. The molecule has 0 amide bonds. The Morgan fingerprint density at radius 1 is 1.55 bits per heavy atom. The number of ether oxygens (including phenoxy) is 1. The number of methoxy groups -OCH3 is 1. The summed E-state index contributed by atoms with van der Waals surface area (Å²) < 4.78 is 5.47. The van der Waals surface area contributed by atoms with Crippen LogP contribution >= 0.6 is 0 Å². The molecule has 1 rings (SSSR count). The van der Waals surface area contributed by atoms with Crippen LogP contribution in [0.2, 0.25) is 0 Å². The molecule has 0 aliphatic heterocycles. The van der Waals surface area contributed by atoms with E-state index in [0.717, 1.165) is 12.3 Å². The maximum absolute atomic E-state index is 5.47. The lowest BCUT2D eigenvalue weighted by Crippen LogP contribution is -2.33. The van der Waals surface area contributed by atoms with Gasteiger partial charge in [-0.05, 0) is 31.1 Å². The van der Waals surface area contributed by atoms with Gasteiger partial charge in [-0.25, -0.2) is 0 Å². The van der Waals surface area contributed by atoms with Gasteiger partial charge in [0.15, 0.2) is 0 Å². The van der Waals surface area contributed by atoms with Crippen LogP contribution < -0.4 is 0 Å². The van der Waals surface area contributed by atoms with E-state index < -0.39 is 0 Å². The van der Waals surface area contributed by atoms with Gasteiger partial charge in [0.1, 0.15) is 0 Å². The topological polar surface area (TPSA) is 9.23 Å². The molecule has 1 radical (unpaired) electrons. The molecule has 0 saturated heterocycles. The van der Waals surface area contributed by atoms with Crippen molar-refractivity contribution in [2.24, 2.45) is 11.8 Å². The molecule has 0 N–H and O–H groups in total. The highest BCUT2D eigenvalue weighted by molar-refractivity contribution is 4.81. The Labute approximate surface area is 70.1 Å². The van der Waals surface area contributed by atoms with Gasteiger partial charge in [0.05, 0.1) is 6.10 Å². The van der Waals surface area contributed by atoms with Crippen LogP contribution in [0.4, 0.5) is 0 Å². The van der Waals surface area contributed by atoms with Crippen molar-refractivity contribution in [2.75, 3.05) is 7.11 Å². The normalized spacial score (nSPS) is 24.3. The molecule has 0 heterocycles. The monoisotopic (exact) mass is 155 g/mol. The van der Waals surface area contributed by atoms with Crippen molar-refractivity contribution in [3.05, 3.63) is 6.92 Å². The second-order valence-electron chi connectivity index (χ2n) is 3.66. The first kappa shape index (κ1) is 9.05. The Bertz CT molecular complexity index is 103. The first-order valence-electron chi connectivity index (χ1n) is 4.61. The standard InChI is InChI=1S/C10H19O/c1-4-8(2)10(11-3)9-6-5-7-9/h8-10H,1,4-7H2,2-3H3. The molecule has 11 heavy (non-hydrogen) atoms. The minimum Gasteiger partial charge on any atom is -0.381 e. The third-order valence-corrected chi connectivity index (χ3v) is 2.90. The Morgan fingerprint density at radius 3 is 2.45 bits per heavy atom. The predicted molar refractivity (Wildman–Crippen MR) is 47.3 cm³/mol. The summed E-state index contributed by atoms with van der Waals surface area (Å²) >= 11 is 0. The van der Waals surface area contributed by atoms with Gasteiger partial charge < -0.3 is 4.74 Å². The van der Waals surface area contributed by atoms with Crippen LogP contribution in [-0.2, 0) is 4.74 Å². The van der Waals surface area contributed by atoms with Crippen molar-refractivity contribution in [3.8, 4) is 0 Å². The summed E-state index contributed by atoms with van der Waals surface area (Å²) in [5.74, 6) is 1.46. The summed E-state index contributed by atoms with van der Waals surface area (Å²) in [6.07, 6.45) is 5.59. The maximum Gasteiger partial charge on any atom is 0.0624 e. The Balaban J connectivity index is 2.34. The molecule has 0 bridgehead atoms. The molecule has 1 heteroatoms. The fraction of sp³-hybridized carbons (Fsp3) is 0.900. The van der Waals surface area contributed by atoms with E-state index in [4.69, 9.17) is 4.74 Å². The molecule has 1 fully saturated rings. The summed E-state index contributed by atoms with van der Waals surface area (Å²) in [6, 6.07) is 0. The second-order valence-corrected chi connectivity index (χ2v) is 3.66. The summed E-state index contributed by atoms with van der Waals surface area (Å²) in [6.45, 7) is 6.15. The summed E-state index contributed by atoms with van der Waals surface area (Å²) in [5, 5.41) is 0. The Hall–Kier alpha value is -0.0400. The second kappa shape index (κ2) is 4.10. The van der Waals surface area contributed by atoms with E-state index in [1.807, 2.05) is 7.11 Å². The highest BCUT2D eigenvalue weighted by Crippen LogP contribution is 2.34. The largest absolute Gasteiger partial charge is 0.381 e. The van der Waals surface area contributed by atoms with Crippen molar-refractivity contribution in [1.82, 2.24) is 0 Å². The molecule has 2 atom stereocenters. The van der Waals surface area contributed by atoms with Gasteiger partial charge in [-0.2, -0.15) is 0 Å².